The molecule has 0 saturated carbocycles. The summed E-state index contributed by atoms with van der Waals surface area (Å²) in [5.74, 6) is 0. The summed E-state index contributed by atoms with van der Waals surface area (Å²) in [4.78, 5) is 0. The number of rotatable bonds is 2. The Morgan fingerprint density at radius 3 is 2.50 bits per heavy atom. The minimum atomic E-state index is -1.15. The zero-order valence-corrected chi connectivity index (χ0v) is 7.53. The fourth-order valence-electron chi connectivity index (χ4n) is 0.561. The molecule has 1 fully saturated rings. The second-order valence-corrected chi connectivity index (χ2v) is 6.61. The molecule has 1 rings (SSSR count). The summed E-state index contributed by atoms with van der Waals surface area (Å²) in [7, 11) is -1.63. The Balaban J connectivity index is 2.22. The van der Waals surface area contributed by atoms with Crippen LogP contribution in [0.1, 0.15) is 6.92 Å². The van der Waals surface area contributed by atoms with Gasteiger partial charge in [0.05, 0.1) is 0 Å². The molecule has 4 heteroatoms. The predicted octanol–water partition coefficient (Wildman–Crippen LogP) is -0.171. The smallest absolute Gasteiger partial charge is 0.309 e. The topological polar surface area (TPSA) is 18.5 Å². The van der Waals surface area contributed by atoms with Gasteiger partial charge in [0.1, 0.15) is 0 Å². The number of allylic oxidation sites excluding steroid dienone is 1. The highest BCUT2D eigenvalue weighted by Crippen LogP contribution is 2.16. The van der Waals surface area contributed by atoms with Crippen molar-refractivity contribution in [1.29, 1.82) is 0 Å². The first-order chi connectivity index (χ1) is 3.84. The van der Waals surface area contributed by atoms with E-state index in [2.05, 4.69) is 13.5 Å². The zero-order valence-electron chi connectivity index (χ0n) is 4.96. The third-order valence-electron chi connectivity index (χ3n) is 1.27. The Kier molecular flexibility index (Phi) is 2.01. The van der Waals surface area contributed by atoms with Crippen LogP contribution in [0.25, 0.3) is 0 Å². The van der Waals surface area contributed by atoms with Crippen molar-refractivity contribution in [2.45, 2.75) is 12.5 Å². The maximum Gasteiger partial charge on any atom is 0.309 e. The summed E-state index contributed by atoms with van der Waals surface area (Å²) < 4.78 is 10.5. The average molecular weight is 146 g/mol. The van der Waals surface area contributed by atoms with Gasteiger partial charge >= 0.3 is 9.28 Å². The summed E-state index contributed by atoms with van der Waals surface area (Å²) >= 11 is 0. The highest BCUT2D eigenvalue weighted by atomic mass is 28.4. The molecule has 0 spiro atoms. The maximum atomic E-state index is 5.27. The molecule has 0 aromatic heterocycles. The van der Waals surface area contributed by atoms with Gasteiger partial charge in [-0.05, 0) is 0 Å². The van der Waals surface area contributed by atoms with Gasteiger partial charge in [-0.1, -0.05) is 13.0 Å². The maximum absolute atomic E-state index is 5.27. The Morgan fingerprint density at radius 1 is 1.75 bits per heavy atom. The van der Waals surface area contributed by atoms with E-state index in [1.165, 1.54) is 0 Å². The third kappa shape index (κ3) is 1.08. The largest absolute Gasteiger partial charge is 0.422 e. The summed E-state index contributed by atoms with van der Waals surface area (Å²) in [6.45, 7) is 5.75. The molecule has 2 nitrogen and oxygen atoms in total. The molecule has 0 aromatic rings. The molecule has 46 valence electrons. The number of hydrogen-bond acceptors (Lipinski definition) is 2. The lowest BCUT2D eigenvalue weighted by Gasteiger charge is -2.28. The van der Waals surface area contributed by atoms with Crippen molar-refractivity contribution in [3.05, 3.63) is 12.7 Å². The van der Waals surface area contributed by atoms with Gasteiger partial charge in [-0.15, -0.1) is 6.58 Å². The molecular formula is C4H10O2Si2. The molecular weight excluding hydrogens is 136 g/mol. The first kappa shape index (κ1) is 6.22. The molecule has 1 aliphatic heterocycles. The van der Waals surface area contributed by atoms with Gasteiger partial charge in [-0.25, -0.2) is 0 Å². The molecule has 0 N–H and O–H groups in total. The fraction of sp³-hybridized carbons (Fsp3) is 0.500. The van der Waals surface area contributed by atoms with Crippen molar-refractivity contribution >= 4 is 19.3 Å². The molecule has 1 heterocycles. The third-order valence-corrected chi connectivity index (χ3v) is 6.11. The van der Waals surface area contributed by atoms with Gasteiger partial charge in [-0.3, -0.25) is 0 Å². The van der Waals surface area contributed by atoms with E-state index in [-0.39, 0.29) is 0 Å². The molecule has 1 saturated heterocycles. The lowest BCUT2D eigenvalue weighted by atomic mass is 10.5. The van der Waals surface area contributed by atoms with Crippen LogP contribution < -0.4 is 0 Å². The van der Waals surface area contributed by atoms with E-state index in [1.807, 2.05) is 6.08 Å². The number of hydrogen-bond donors (Lipinski definition) is 0. The van der Waals surface area contributed by atoms with Crippen LogP contribution in [-0.4, -0.2) is 19.3 Å². The van der Waals surface area contributed by atoms with Gasteiger partial charge in [-0.2, -0.15) is 0 Å². The van der Waals surface area contributed by atoms with E-state index in [1.54, 1.807) is 0 Å². The van der Waals surface area contributed by atoms with Crippen LogP contribution in [0.5, 0.6) is 0 Å². The summed E-state index contributed by atoms with van der Waals surface area (Å²) in [5.41, 5.74) is 0.497. The van der Waals surface area contributed by atoms with Crippen LogP contribution in [-0.2, 0) is 8.23 Å². The SMILES string of the molecule is C=CC(C)[SiH]1O[SiH2]O1. The van der Waals surface area contributed by atoms with E-state index >= 15 is 0 Å². The molecule has 1 unspecified atom stereocenters. The molecule has 1 aliphatic rings. The molecule has 0 radical (unpaired) electrons. The highest BCUT2D eigenvalue weighted by molar-refractivity contribution is 6.65. The normalized spacial score (nSPS) is 33.9. The van der Waals surface area contributed by atoms with Crippen molar-refractivity contribution in [2.75, 3.05) is 0 Å². The van der Waals surface area contributed by atoms with Crippen LogP contribution in [0, 0.1) is 0 Å². The highest BCUT2D eigenvalue weighted by Gasteiger charge is 2.26. The Hall–Kier alpha value is 0.0938. The van der Waals surface area contributed by atoms with Crippen molar-refractivity contribution in [1.82, 2.24) is 0 Å². The second-order valence-electron chi connectivity index (χ2n) is 1.91. The van der Waals surface area contributed by atoms with Gasteiger partial charge in [0.15, 0.2) is 0 Å². The van der Waals surface area contributed by atoms with Crippen LogP contribution in [0.15, 0.2) is 12.7 Å². The minimum absolute atomic E-state index is 0.481. The summed E-state index contributed by atoms with van der Waals surface area (Å²) in [6.07, 6.45) is 1.91. The summed E-state index contributed by atoms with van der Waals surface area (Å²) in [6, 6.07) is 0. The Bertz CT molecular complexity index is 92.0. The monoisotopic (exact) mass is 146 g/mol. The van der Waals surface area contributed by atoms with Crippen LogP contribution in [0.4, 0.5) is 0 Å². The predicted molar refractivity (Wildman–Crippen MR) is 37.5 cm³/mol. The van der Waals surface area contributed by atoms with E-state index in [0.29, 0.717) is 5.54 Å². The molecule has 0 aliphatic carbocycles. The van der Waals surface area contributed by atoms with E-state index in [4.69, 9.17) is 8.23 Å². The van der Waals surface area contributed by atoms with Crippen molar-refractivity contribution < 1.29 is 8.23 Å². The Labute approximate surface area is 53.4 Å². The van der Waals surface area contributed by atoms with E-state index < -0.39 is 19.3 Å². The molecule has 8 heavy (non-hydrogen) atoms. The minimum Gasteiger partial charge on any atom is -0.422 e. The van der Waals surface area contributed by atoms with Gasteiger partial charge in [0.25, 0.3) is 10.0 Å². The van der Waals surface area contributed by atoms with Gasteiger partial charge in [0, 0.05) is 5.54 Å². The first-order valence-electron chi connectivity index (χ1n) is 2.70. The molecule has 1 atom stereocenters. The first-order valence-corrected chi connectivity index (χ1v) is 5.47. The summed E-state index contributed by atoms with van der Waals surface area (Å²) in [5, 5.41) is 0. The average Bonchev–Trinajstić information content (AvgIpc) is 1.62. The van der Waals surface area contributed by atoms with Crippen molar-refractivity contribution in [3.8, 4) is 0 Å². The van der Waals surface area contributed by atoms with Crippen LogP contribution in [0.2, 0.25) is 5.54 Å². The van der Waals surface area contributed by atoms with Crippen molar-refractivity contribution in [3.63, 3.8) is 0 Å². The molecule has 0 bridgehead atoms. The van der Waals surface area contributed by atoms with Gasteiger partial charge < -0.3 is 8.23 Å². The lowest BCUT2D eigenvalue weighted by Crippen LogP contribution is -2.41. The second kappa shape index (κ2) is 2.59. The van der Waals surface area contributed by atoms with E-state index in [0.717, 1.165) is 0 Å². The fourth-order valence-corrected chi connectivity index (χ4v) is 4.38. The van der Waals surface area contributed by atoms with Gasteiger partial charge in [0.2, 0.25) is 0 Å². The molecule has 0 aromatic carbocycles. The quantitative estimate of drug-likeness (QED) is 0.398. The van der Waals surface area contributed by atoms with Crippen LogP contribution >= 0.6 is 0 Å². The molecule has 0 amide bonds. The standard InChI is InChI=1S/C4H10O2Si2/c1-3-4(2)8-5-7-6-8/h3-4,8H,1,7H2,2H3. The van der Waals surface area contributed by atoms with Crippen LogP contribution in [0.3, 0.4) is 0 Å². The van der Waals surface area contributed by atoms with E-state index in [9.17, 15) is 0 Å². The lowest BCUT2D eigenvalue weighted by molar-refractivity contribution is 0.305. The van der Waals surface area contributed by atoms with Crippen molar-refractivity contribution in [2.24, 2.45) is 0 Å². The zero-order chi connectivity index (χ0) is 5.98. The Morgan fingerprint density at radius 2 is 2.38 bits per heavy atom.